The number of carbonyl (C=O) groups excluding carboxylic acids is 2. The third-order valence-corrected chi connectivity index (χ3v) is 9.30. The number of anilines is 1. The van der Waals surface area contributed by atoms with Gasteiger partial charge in [0.05, 0.1) is 16.1 Å². The summed E-state index contributed by atoms with van der Waals surface area (Å²) >= 11 is 6.49. The monoisotopic (exact) mass is 685 g/mol. The van der Waals surface area contributed by atoms with Crippen molar-refractivity contribution in [3.63, 3.8) is 0 Å². The summed E-state index contributed by atoms with van der Waals surface area (Å²) in [6.45, 7) is 4.26. The maximum absolute atomic E-state index is 14.5. The Kier molecular flexibility index (Phi) is 11.0. The van der Waals surface area contributed by atoms with Crippen molar-refractivity contribution in [2.75, 3.05) is 10.8 Å². The van der Waals surface area contributed by atoms with Crippen molar-refractivity contribution < 1.29 is 31.2 Å². The molecule has 0 saturated heterocycles. The Balaban J connectivity index is 1.86. The van der Waals surface area contributed by atoms with Gasteiger partial charge in [-0.2, -0.15) is 13.2 Å². The first kappa shape index (κ1) is 35.5. The molecule has 4 aromatic rings. The Morgan fingerprint density at radius 3 is 2.02 bits per heavy atom. The van der Waals surface area contributed by atoms with E-state index in [4.69, 9.17) is 11.6 Å². The van der Waals surface area contributed by atoms with Crippen LogP contribution in [0, 0.1) is 0 Å². The van der Waals surface area contributed by atoms with Gasteiger partial charge in [-0.15, -0.1) is 0 Å². The first-order valence-electron chi connectivity index (χ1n) is 14.7. The van der Waals surface area contributed by atoms with E-state index in [1.54, 1.807) is 75.4 Å². The summed E-state index contributed by atoms with van der Waals surface area (Å²) in [6, 6.07) is 25.4. The molecule has 4 rings (SSSR count). The first-order chi connectivity index (χ1) is 22.1. The van der Waals surface area contributed by atoms with Gasteiger partial charge in [-0.25, -0.2) is 8.42 Å². The molecule has 0 bridgehead atoms. The van der Waals surface area contributed by atoms with Gasteiger partial charge in [-0.05, 0) is 68.3 Å². The lowest BCUT2D eigenvalue weighted by atomic mass is 10.0. The van der Waals surface area contributed by atoms with Crippen molar-refractivity contribution in [1.82, 2.24) is 10.2 Å². The number of nitrogens with zero attached hydrogens (tertiary/aromatic N) is 2. The van der Waals surface area contributed by atoms with Gasteiger partial charge in [-0.3, -0.25) is 13.9 Å². The number of nitrogens with one attached hydrogen (secondary N) is 1. The molecule has 47 heavy (non-hydrogen) atoms. The highest BCUT2D eigenvalue weighted by Gasteiger charge is 2.37. The number of hydrogen-bond donors (Lipinski definition) is 1. The van der Waals surface area contributed by atoms with Crippen LogP contribution in [0.15, 0.2) is 114 Å². The second-order valence-electron chi connectivity index (χ2n) is 11.9. The van der Waals surface area contributed by atoms with Gasteiger partial charge in [0.15, 0.2) is 0 Å². The third-order valence-electron chi connectivity index (χ3n) is 7.14. The van der Waals surface area contributed by atoms with Crippen LogP contribution < -0.4 is 9.62 Å². The lowest BCUT2D eigenvalue weighted by Crippen LogP contribution is -2.56. The molecule has 4 aromatic carbocycles. The number of sulfonamides is 1. The summed E-state index contributed by atoms with van der Waals surface area (Å²) in [7, 11) is -4.57. The van der Waals surface area contributed by atoms with E-state index in [1.165, 1.54) is 35.2 Å². The zero-order chi connectivity index (χ0) is 34.4. The van der Waals surface area contributed by atoms with Crippen LogP contribution in [0.5, 0.6) is 0 Å². The second kappa shape index (κ2) is 14.6. The van der Waals surface area contributed by atoms with E-state index in [2.05, 4.69) is 5.32 Å². The molecule has 0 spiro atoms. The fourth-order valence-electron chi connectivity index (χ4n) is 4.90. The maximum Gasteiger partial charge on any atom is 0.416 e. The molecule has 7 nitrogen and oxygen atoms in total. The minimum atomic E-state index is -4.77. The molecule has 0 radical (unpaired) electrons. The molecule has 248 valence electrons. The largest absolute Gasteiger partial charge is 0.416 e. The van der Waals surface area contributed by atoms with Crippen LogP contribution in [-0.4, -0.2) is 43.3 Å². The minimum Gasteiger partial charge on any atom is -0.350 e. The Morgan fingerprint density at radius 1 is 0.830 bits per heavy atom. The molecule has 0 unspecified atom stereocenters. The molecular formula is C35H35ClF3N3O4S. The predicted molar refractivity (Wildman–Crippen MR) is 176 cm³/mol. The van der Waals surface area contributed by atoms with E-state index in [0.29, 0.717) is 21.0 Å². The number of amides is 2. The molecule has 0 aliphatic rings. The molecule has 0 aromatic heterocycles. The fraction of sp³-hybridized carbons (Fsp3) is 0.257. The number of alkyl halides is 3. The molecule has 1 atom stereocenters. The molecule has 2 amide bonds. The minimum absolute atomic E-state index is 0.0634. The van der Waals surface area contributed by atoms with Gasteiger partial charge in [0, 0.05) is 23.5 Å². The van der Waals surface area contributed by atoms with Crippen LogP contribution in [0.3, 0.4) is 0 Å². The fourth-order valence-corrected chi connectivity index (χ4v) is 6.53. The summed E-state index contributed by atoms with van der Waals surface area (Å²) in [5, 5.41) is 3.23. The van der Waals surface area contributed by atoms with E-state index in [0.717, 1.165) is 17.7 Å². The quantitative estimate of drug-likeness (QED) is 0.182. The molecule has 0 heterocycles. The molecular weight excluding hydrogens is 651 g/mol. The lowest BCUT2D eigenvalue weighted by Gasteiger charge is -2.35. The van der Waals surface area contributed by atoms with E-state index in [9.17, 15) is 31.2 Å². The Hall–Kier alpha value is -4.35. The van der Waals surface area contributed by atoms with Crippen LogP contribution in [0.25, 0.3) is 0 Å². The smallest absolute Gasteiger partial charge is 0.350 e. The number of hydrogen-bond acceptors (Lipinski definition) is 4. The van der Waals surface area contributed by atoms with Crippen molar-refractivity contribution >= 4 is 39.1 Å². The zero-order valence-corrected chi connectivity index (χ0v) is 27.6. The van der Waals surface area contributed by atoms with Gasteiger partial charge in [0.1, 0.15) is 12.6 Å². The number of benzene rings is 4. The van der Waals surface area contributed by atoms with E-state index >= 15 is 0 Å². The Labute approximate surface area is 278 Å². The van der Waals surface area contributed by atoms with Gasteiger partial charge >= 0.3 is 6.18 Å². The molecule has 1 N–H and O–H groups in total. The summed E-state index contributed by atoms with van der Waals surface area (Å²) < 4.78 is 70.0. The first-order valence-corrected chi connectivity index (χ1v) is 16.5. The van der Waals surface area contributed by atoms with Crippen molar-refractivity contribution in [2.24, 2.45) is 0 Å². The number of carbonyl (C=O) groups is 2. The molecule has 12 heteroatoms. The summed E-state index contributed by atoms with van der Waals surface area (Å²) in [4.78, 5) is 29.4. The highest BCUT2D eigenvalue weighted by molar-refractivity contribution is 7.92. The third kappa shape index (κ3) is 9.36. The van der Waals surface area contributed by atoms with Gasteiger partial charge in [0.2, 0.25) is 11.8 Å². The zero-order valence-electron chi connectivity index (χ0n) is 26.0. The summed E-state index contributed by atoms with van der Waals surface area (Å²) in [5.74, 6) is -1.33. The topological polar surface area (TPSA) is 86.8 Å². The van der Waals surface area contributed by atoms with Gasteiger partial charge < -0.3 is 10.2 Å². The van der Waals surface area contributed by atoms with Crippen molar-refractivity contribution in [3.05, 3.63) is 131 Å². The molecule has 0 saturated carbocycles. The second-order valence-corrected chi connectivity index (χ2v) is 14.2. The standard InChI is InChI=1S/C35H35ClF3N3O4S/c1-34(2,3)40-33(44)31(21-25-13-6-4-7-14-25)41(23-26-15-10-11-20-30(26)36)32(43)24-42(47(45,46)29-18-8-5-9-19-29)28-17-12-16-27(22-28)35(37,38)39/h4-20,22,31H,21,23-24H2,1-3H3,(H,40,44)/t31-/m0/s1. The Morgan fingerprint density at radius 2 is 1.43 bits per heavy atom. The van der Waals surface area contributed by atoms with Crippen LogP contribution in [0.1, 0.15) is 37.5 Å². The van der Waals surface area contributed by atoms with E-state index in [-0.39, 0.29) is 23.5 Å². The van der Waals surface area contributed by atoms with E-state index in [1.807, 2.05) is 6.07 Å². The van der Waals surface area contributed by atoms with Gasteiger partial charge in [0.25, 0.3) is 10.0 Å². The molecule has 0 aliphatic heterocycles. The number of halogens is 4. The highest BCUT2D eigenvalue weighted by Crippen LogP contribution is 2.33. The highest BCUT2D eigenvalue weighted by atomic mass is 35.5. The van der Waals surface area contributed by atoms with Crippen LogP contribution in [0.4, 0.5) is 18.9 Å². The average Bonchev–Trinajstić information content (AvgIpc) is 3.02. The molecule has 0 aliphatic carbocycles. The lowest BCUT2D eigenvalue weighted by molar-refractivity contribution is -0.140. The number of rotatable bonds is 11. The SMILES string of the molecule is CC(C)(C)NC(=O)[C@H](Cc1ccccc1)N(Cc1ccccc1Cl)C(=O)CN(c1cccc(C(F)(F)F)c1)S(=O)(=O)c1ccccc1. The maximum atomic E-state index is 14.5. The summed E-state index contributed by atoms with van der Waals surface area (Å²) in [6.07, 6.45) is -4.71. The van der Waals surface area contributed by atoms with Crippen LogP contribution in [0.2, 0.25) is 5.02 Å². The van der Waals surface area contributed by atoms with E-state index < -0.39 is 51.7 Å². The normalized spacial score (nSPS) is 12.7. The van der Waals surface area contributed by atoms with Crippen LogP contribution >= 0.6 is 11.6 Å². The Bertz CT molecular complexity index is 1800. The van der Waals surface area contributed by atoms with Crippen molar-refractivity contribution in [1.29, 1.82) is 0 Å². The van der Waals surface area contributed by atoms with Gasteiger partial charge in [-0.1, -0.05) is 84.4 Å². The molecule has 0 fully saturated rings. The average molecular weight is 686 g/mol. The van der Waals surface area contributed by atoms with Crippen molar-refractivity contribution in [3.8, 4) is 0 Å². The predicted octanol–water partition coefficient (Wildman–Crippen LogP) is 7.11. The van der Waals surface area contributed by atoms with Crippen molar-refractivity contribution in [2.45, 2.75) is 56.4 Å². The van der Waals surface area contributed by atoms with Crippen LogP contribution in [-0.2, 0) is 38.8 Å². The summed E-state index contributed by atoms with van der Waals surface area (Å²) in [5.41, 5.74) is -0.930.